The monoisotopic (exact) mass is 293 g/mol. The molecule has 19 heavy (non-hydrogen) atoms. The summed E-state index contributed by atoms with van der Waals surface area (Å²) < 4.78 is 0. The summed E-state index contributed by atoms with van der Waals surface area (Å²) in [5, 5.41) is 2.81. The van der Waals surface area contributed by atoms with Crippen LogP contribution in [0.15, 0.2) is 54.6 Å². The largest absolute Gasteiger partial charge is 0.350 e. The van der Waals surface area contributed by atoms with Crippen LogP contribution < -0.4 is 5.32 Å². The van der Waals surface area contributed by atoms with Gasteiger partial charge < -0.3 is 5.32 Å². The molecule has 2 aromatic rings. The third-order valence-corrected chi connectivity index (χ3v) is 3.40. The molecule has 0 saturated heterocycles. The summed E-state index contributed by atoms with van der Waals surface area (Å²) in [5.74, 6) is -0.206. The fraction of sp³-hybridized carbons (Fsp3) is 0.133. The summed E-state index contributed by atoms with van der Waals surface area (Å²) in [7, 11) is 0. The highest BCUT2D eigenvalue weighted by Gasteiger charge is 2.16. The zero-order valence-electron chi connectivity index (χ0n) is 10.1. The number of halogens is 2. The van der Waals surface area contributed by atoms with E-state index in [4.69, 9.17) is 23.2 Å². The number of carbonyl (C=O) groups is 1. The van der Waals surface area contributed by atoms with Crippen LogP contribution in [0.2, 0.25) is 5.02 Å². The van der Waals surface area contributed by atoms with Crippen LogP contribution in [-0.4, -0.2) is 5.91 Å². The molecule has 0 spiro atoms. The van der Waals surface area contributed by atoms with Gasteiger partial charge in [0.25, 0.3) is 0 Å². The first kappa shape index (κ1) is 13.9. The highest BCUT2D eigenvalue weighted by molar-refractivity contribution is 6.31. The van der Waals surface area contributed by atoms with Crippen LogP contribution in [0.25, 0.3) is 0 Å². The highest BCUT2D eigenvalue weighted by atomic mass is 35.5. The molecule has 98 valence electrons. The van der Waals surface area contributed by atoms with Gasteiger partial charge in [-0.3, -0.25) is 4.79 Å². The molecular weight excluding hydrogens is 281 g/mol. The molecule has 0 radical (unpaired) electrons. The molecule has 0 aliphatic carbocycles. The van der Waals surface area contributed by atoms with E-state index in [1.165, 1.54) is 0 Å². The van der Waals surface area contributed by atoms with Crippen molar-refractivity contribution in [3.8, 4) is 0 Å². The third kappa shape index (κ3) is 3.98. The molecular formula is C15H13Cl2NO. The Hall–Kier alpha value is -1.51. The normalized spacial score (nSPS) is 11.9. The molecule has 1 amide bonds. The Morgan fingerprint density at radius 3 is 2.32 bits per heavy atom. The lowest BCUT2D eigenvalue weighted by atomic mass is 10.1. The van der Waals surface area contributed by atoms with Crippen molar-refractivity contribution in [2.24, 2.45) is 0 Å². The fourth-order valence-electron chi connectivity index (χ4n) is 1.65. The lowest BCUT2D eigenvalue weighted by Gasteiger charge is -2.10. The average Bonchev–Trinajstić information content (AvgIpc) is 2.46. The minimum absolute atomic E-state index is 0.206. The van der Waals surface area contributed by atoms with Crippen molar-refractivity contribution in [1.82, 2.24) is 5.32 Å². The Labute approximate surface area is 122 Å². The second-order valence-corrected chi connectivity index (χ2v) is 4.99. The molecule has 1 N–H and O–H groups in total. The number of amides is 1. The molecule has 0 unspecified atom stereocenters. The summed E-state index contributed by atoms with van der Waals surface area (Å²) in [6.45, 7) is 0.437. The van der Waals surface area contributed by atoms with Gasteiger partial charge in [0, 0.05) is 11.6 Å². The summed E-state index contributed by atoms with van der Waals surface area (Å²) in [4.78, 5) is 11.9. The Bertz CT molecular complexity index is 540. The van der Waals surface area contributed by atoms with Gasteiger partial charge in [-0.1, -0.05) is 54.1 Å². The number of benzene rings is 2. The van der Waals surface area contributed by atoms with Gasteiger partial charge in [-0.2, -0.15) is 0 Å². The smallest absolute Gasteiger partial charge is 0.242 e. The van der Waals surface area contributed by atoms with Crippen molar-refractivity contribution in [3.05, 3.63) is 70.7 Å². The maximum atomic E-state index is 11.9. The van der Waals surface area contributed by atoms with Gasteiger partial charge in [0.15, 0.2) is 0 Å². The Kier molecular flexibility index (Phi) is 4.83. The van der Waals surface area contributed by atoms with E-state index in [0.29, 0.717) is 11.6 Å². The van der Waals surface area contributed by atoms with E-state index in [1.54, 1.807) is 12.1 Å². The molecule has 4 heteroatoms. The van der Waals surface area contributed by atoms with Crippen molar-refractivity contribution in [2.75, 3.05) is 0 Å². The average molecular weight is 294 g/mol. The quantitative estimate of drug-likeness (QED) is 0.850. The predicted octanol–water partition coefficient (Wildman–Crippen LogP) is 3.94. The highest BCUT2D eigenvalue weighted by Crippen LogP contribution is 2.20. The SMILES string of the molecule is O=C(NCc1ccc(Cl)cc1)[C@@H](Cl)c1ccccc1. The van der Waals surface area contributed by atoms with Gasteiger partial charge in [-0.25, -0.2) is 0 Å². The minimum Gasteiger partial charge on any atom is -0.350 e. The van der Waals surface area contributed by atoms with E-state index in [9.17, 15) is 4.79 Å². The molecule has 0 heterocycles. The first-order valence-corrected chi connectivity index (χ1v) is 6.69. The van der Waals surface area contributed by atoms with Crippen molar-refractivity contribution >= 4 is 29.1 Å². The molecule has 2 rings (SSSR count). The Balaban J connectivity index is 1.93. The minimum atomic E-state index is -0.673. The molecule has 2 nitrogen and oxygen atoms in total. The standard InChI is InChI=1S/C15H13Cl2NO/c16-13-8-6-11(7-9-13)10-18-15(19)14(17)12-4-2-1-3-5-12/h1-9,14H,10H2,(H,18,19)/t14-/m0/s1. The maximum Gasteiger partial charge on any atom is 0.242 e. The molecule has 1 atom stereocenters. The molecule has 0 saturated carbocycles. The van der Waals surface area contributed by atoms with Crippen LogP contribution in [0.1, 0.15) is 16.5 Å². The second-order valence-electron chi connectivity index (χ2n) is 4.12. The number of rotatable bonds is 4. The number of carbonyl (C=O) groups excluding carboxylic acids is 1. The van der Waals surface area contributed by atoms with Gasteiger partial charge in [0.05, 0.1) is 0 Å². The Morgan fingerprint density at radius 1 is 1.05 bits per heavy atom. The zero-order chi connectivity index (χ0) is 13.7. The van der Waals surface area contributed by atoms with Crippen molar-refractivity contribution in [3.63, 3.8) is 0 Å². The van der Waals surface area contributed by atoms with E-state index >= 15 is 0 Å². The topological polar surface area (TPSA) is 29.1 Å². The molecule has 0 aromatic heterocycles. The molecule has 0 fully saturated rings. The Morgan fingerprint density at radius 2 is 1.68 bits per heavy atom. The number of hydrogen-bond acceptors (Lipinski definition) is 1. The van der Waals surface area contributed by atoms with Crippen LogP contribution in [-0.2, 0) is 11.3 Å². The molecule has 2 aromatic carbocycles. The van der Waals surface area contributed by atoms with Crippen LogP contribution in [0.5, 0.6) is 0 Å². The number of hydrogen-bond donors (Lipinski definition) is 1. The summed E-state index contributed by atoms with van der Waals surface area (Å²) in [6.07, 6.45) is 0. The van der Waals surface area contributed by atoms with E-state index < -0.39 is 5.38 Å². The van der Waals surface area contributed by atoms with Gasteiger partial charge in [0.1, 0.15) is 5.38 Å². The predicted molar refractivity (Wildman–Crippen MR) is 78.3 cm³/mol. The van der Waals surface area contributed by atoms with Crippen LogP contribution in [0.4, 0.5) is 0 Å². The first-order valence-electron chi connectivity index (χ1n) is 5.88. The van der Waals surface area contributed by atoms with Crippen molar-refractivity contribution in [2.45, 2.75) is 11.9 Å². The molecule has 0 bridgehead atoms. The first-order chi connectivity index (χ1) is 9.16. The van der Waals surface area contributed by atoms with Gasteiger partial charge in [0.2, 0.25) is 5.91 Å². The zero-order valence-corrected chi connectivity index (χ0v) is 11.7. The van der Waals surface area contributed by atoms with Crippen LogP contribution in [0.3, 0.4) is 0 Å². The van der Waals surface area contributed by atoms with E-state index in [2.05, 4.69) is 5.32 Å². The van der Waals surface area contributed by atoms with Crippen molar-refractivity contribution in [1.29, 1.82) is 0 Å². The third-order valence-electron chi connectivity index (χ3n) is 2.70. The van der Waals surface area contributed by atoms with Gasteiger partial charge >= 0.3 is 0 Å². The van der Waals surface area contributed by atoms with E-state index in [-0.39, 0.29) is 5.91 Å². The van der Waals surface area contributed by atoms with E-state index in [1.807, 2.05) is 42.5 Å². The number of alkyl halides is 1. The lowest BCUT2D eigenvalue weighted by molar-refractivity contribution is -0.121. The molecule has 0 aliphatic rings. The summed E-state index contributed by atoms with van der Waals surface area (Å²) >= 11 is 11.9. The lowest BCUT2D eigenvalue weighted by Crippen LogP contribution is -2.26. The van der Waals surface area contributed by atoms with Gasteiger partial charge in [-0.15, -0.1) is 11.6 Å². The van der Waals surface area contributed by atoms with Gasteiger partial charge in [-0.05, 0) is 23.3 Å². The number of nitrogens with one attached hydrogen (secondary N) is 1. The fourth-order valence-corrected chi connectivity index (χ4v) is 2.00. The van der Waals surface area contributed by atoms with Crippen LogP contribution in [0, 0.1) is 0 Å². The summed E-state index contributed by atoms with van der Waals surface area (Å²) in [6, 6.07) is 16.6. The van der Waals surface area contributed by atoms with E-state index in [0.717, 1.165) is 11.1 Å². The second kappa shape index (κ2) is 6.60. The van der Waals surface area contributed by atoms with Crippen molar-refractivity contribution < 1.29 is 4.79 Å². The summed E-state index contributed by atoms with van der Waals surface area (Å²) in [5.41, 5.74) is 1.77. The molecule has 0 aliphatic heterocycles. The maximum absolute atomic E-state index is 11.9. The van der Waals surface area contributed by atoms with Crippen LogP contribution >= 0.6 is 23.2 Å².